The van der Waals surface area contributed by atoms with Crippen molar-refractivity contribution in [3.63, 3.8) is 0 Å². The van der Waals surface area contributed by atoms with Gasteiger partial charge in [-0.25, -0.2) is 0 Å². The number of allylic oxidation sites excluding steroid dienone is 2. The Morgan fingerprint density at radius 3 is 2.86 bits per heavy atom. The molecule has 3 rings (SSSR count). The van der Waals surface area contributed by atoms with Gasteiger partial charge in [0.1, 0.15) is 6.54 Å². The Kier molecular flexibility index (Phi) is 4.29. The van der Waals surface area contributed by atoms with Gasteiger partial charge in [-0.2, -0.15) is 4.57 Å². The van der Waals surface area contributed by atoms with E-state index < -0.39 is 0 Å². The molecule has 3 nitrogen and oxygen atoms in total. The van der Waals surface area contributed by atoms with Crippen LogP contribution in [-0.4, -0.2) is 6.54 Å². The van der Waals surface area contributed by atoms with Crippen LogP contribution in [0.15, 0.2) is 47.7 Å². The molecule has 2 heterocycles. The van der Waals surface area contributed by atoms with Crippen molar-refractivity contribution in [2.75, 3.05) is 11.4 Å². The molecule has 0 radical (unpaired) electrons. The monoisotopic (exact) mass is 313 g/mol. The van der Waals surface area contributed by atoms with Gasteiger partial charge in [-0.05, 0) is 38.1 Å². The van der Waals surface area contributed by atoms with Crippen molar-refractivity contribution in [1.29, 1.82) is 0 Å². The van der Waals surface area contributed by atoms with Crippen LogP contribution in [0.25, 0.3) is 6.08 Å². The van der Waals surface area contributed by atoms with Crippen molar-refractivity contribution < 1.29 is 9.30 Å². The molecule has 0 bridgehead atoms. The number of hydrogen-bond acceptors (Lipinski definition) is 3. The van der Waals surface area contributed by atoms with E-state index in [0.29, 0.717) is 0 Å². The van der Waals surface area contributed by atoms with Crippen molar-refractivity contribution in [2.45, 2.75) is 27.3 Å². The van der Waals surface area contributed by atoms with Crippen LogP contribution in [0, 0.1) is 6.92 Å². The molecule has 1 aromatic carbocycles. The maximum atomic E-state index is 5.94. The standard InChI is InChI=1S/C18H21N2OS/c1-4-19-14(3)13-22-18(19)12-8-11-17-20(5-2)15-9-6-7-10-16(15)21-17/h6-13H,4-5H2,1-3H3/q+1. The molecule has 1 aromatic heterocycles. The number of anilines is 1. The minimum absolute atomic E-state index is 0.885. The average Bonchev–Trinajstić information content (AvgIpc) is 3.07. The van der Waals surface area contributed by atoms with Crippen LogP contribution < -0.4 is 14.2 Å². The van der Waals surface area contributed by atoms with Crippen molar-refractivity contribution in [1.82, 2.24) is 0 Å². The molecular formula is C18H21N2OS+. The minimum Gasteiger partial charge on any atom is -0.439 e. The van der Waals surface area contributed by atoms with E-state index in [1.807, 2.05) is 24.3 Å². The average molecular weight is 313 g/mol. The van der Waals surface area contributed by atoms with E-state index in [1.54, 1.807) is 11.3 Å². The fourth-order valence-electron chi connectivity index (χ4n) is 2.70. The van der Waals surface area contributed by atoms with Crippen LogP contribution in [0.3, 0.4) is 0 Å². The third kappa shape index (κ3) is 2.66. The number of aromatic nitrogens is 1. The molecule has 0 aliphatic carbocycles. The van der Waals surface area contributed by atoms with Gasteiger partial charge in [0.15, 0.2) is 11.4 Å². The van der Waals surface area contributed by atoms with Crippen molar-refractivity contribution in [2.24, 2.45) is 0 Å². The number of benzene rings is 1. The van der Waals surface area contributed by atoms with Gasteiger partial charge in [0, 0.05) is 19.5 Å². The summed E-state index contributed by atoms with van der Waals surface area (Å²) >= 11 is 1.77. The van der Waals surface area contributed by atoms with Crippen molar-refractivity contribution >= 4 is 23.1 Å². The van der Waals surface area contributed by atoms with E-state index in [9.17, 15) is 0 Å². The number of para-hydroxylation sites is 2. The number of aryl methyl sites for hydroxylation is 1. The Morgan fingerprint density at radius 1 is 1.27 bits per heavy atom. The highest BCUT2D eigenvalue weighted by Gasteiger charge is 2.23. The summed E-state index contributed by atoms with van der Waals surface area (Å²) in [6.45, 7) is 8.34. The molecule has 0 spiro atoms. The van der Waals surface area contributed by atoms with Gasteiger partial charge >= 0.3 is 0 Å². The Morgan fingerprint density at radius 2 is 2.09 bits per heavy atom. The van der Waals surface area contributed by atoms with E-state index in [-0.39, 0.29) is 0 Å². The van der Waals surface area contributed by atoms with Gasteiger partial charge in [0.2, 0.25) is 5.88 Å². The summed E-state index contributed by atoms with van der Waals surface area (Å²) in [4.78, 5) is 2.19. The number of rotatable bonds is 4. The first kappa shape index (κ1) is 14.9. The fourth-order valence-corrected chi connectivity index (χ4v) is 3.67. The number of thiazole rings is 1. The summed E-state index contributed by atoms with van der Waals surface area (Å²) in [6.07, 6.45) is 6.26. The van der Waals surface area contributed by atoms with Crippen LogP contribution in [-0.2, 0) is 6.54 Å². The summed E-state index contributed by atoms with van der Waals surface area (Å²) in [7, 11) is 0. The Balaban J connectivity index is 1.83. The second-order valence-corrected chi connectivity index (χ2v) is 6.03. The fraction of sp³-hybridized carbons (Fsp3) is 0.278. The number of hydrogen-bond donors (Lipinski definition) is 0. The highest BCUT2D eigenvalue weighted by atomic mass is 32.1. The third-order valence-corrected chi connectivity index (χ3v) is 4.85. The molecule has 0 fully saturated rings. The van der Waals surface area contributed by atoms with E-state index >= 15 is 0 Å². The number of fused-ring (bicyclic) bond motifs is 1. The van der Waals surface area contributed by atoms with Gasteiger partial charge in [0.25, 0.3) is 5.01 Å². The topological polar surface area (TPSA) is 16.4 Å². The zero-order valence-electron chi connectivity index (χ0n) is 13.2. The summed E-state index contributed by atoms with van der Waals surface area (Å²) in [5, 5.41) is 3.45. The summed E-state index contributed by atoms with van der Waals surface area (Å²) < 4.78 is 8.25. The molecule has 1 aliphatic heterocycles. The van der Waals surface area contributed by atoms with Crippen LogP contribution in [0.5, 0.6) is 5.75 Å². The minimum atomic E-state index is 0.885. The maximum absolute atomic E-state index is 5.94. The highest BCUT2D eigenvalue weighted by molar-refractivity contribution is 7.10. The van der Waals surface area contributed by atoms with Gasteiger partial charge in [-0.3, -0.25) is 0 Å². The van der Waals surface area contributed by atoms with Gasteiger partial charge in [0.05, 0.1) is 11.1 Å². The largest absolute Gasteiger partial charge is 0.439 e. The van der Waals surface area contributed by atoms with Gasteiger partial charge < -0.3 is 9.64 Å². The lowest BCUT2D eigenvalue weighted by molar-refractivity contribution is -0.696. The van der Waals surface area contributed by atoms with E-state index in [0.717, 1.165) is 30.4 Å². The lowest BCUT2D eigenvalue weighted by Gasteiger charge is -2.14. The smallest absolute Gasteiger partial charge is 0.261 e. The molecule has 1 aliphatic rings. The lowest BCUT2D eigenvalue weighted by Crippen LogP contribution is -2.35. The third-order valence-electron chi connectivity index (χ3n) is 3.79. The maximum Gasteiger partial charge on any atom is 0.261 e. The molecule has 0 saturated carbocycles. The molecule has 2 aromatic rings. The van der Waals surface area contributed by atoms with E-state index in [2.05, 4.69) is 53.8 Å². The zero-order chi connectivity index (χ0) is 15.5. The molecule has 22 heavy (non-hydrogen) atoms. The number of nitrogens with zero attached hydrogens (tertiary/aromatic N) is 2. The van der Waals surface area contributed by atoms with Crippen molar-refractivity contribution in [3.8, 4) is 5.75 Å². The summed E-state index contributed by atoms with van der Waals surface area (Å²) in [6, 6.07) is 8.15. The predicted molar refractivity (Wildman–Crippen MR) is 92.1 cm³/mol. The molecule has 114 valence electrons. The Hall–Kier alpha value is -2.07. The molecule has 0 unspecified atom stereocenters. The zero-order valence-corrected chi connectivity index (χ0v) is 14.1. The van der Waals surface area contributed by atoms with Gasteiger partial charge in [-0.1, -0.05) is 23.5 Å². The Labute approximate surface area is 135 Å². The van der Waals surface area contributed by atoms with Crippen molar-refractivity contribution in [3.05, 3.63) is 58.4 Å². The predicted octanol–water partition coefficient (Wildman–Crippen LogP) is 4.14. The second kappa shape index (κ2) is 6.36. The van der Waals surface area contributed by atoms with E-state index in [4.69, 9.17) is 4.74 Å². The highest BCUT2D eigenvalue weighted by Crippen LogP contribution is 2.38. The van der Waals surface area contributed by atoms with Crippen LogP contribution in [0.1, 0.15) is 24.5 Å². The molecule has 0 N–H and O–H groups in total. The molecule has 0 atom stereocenters. The normalized spacial score (nSPS) is 15.6. The quantitative estimate of drug-likeness (QED) is 0.789. The lowest BCUT2D eigenvalue weighted by atomic mass is 10.3. The first-order chi connectivity index (χ1) is 10.7. The first-order valence-electron chi connectivity index (χ1n) is 7.65. The van der Waals surface area contributed by atoms with Crippen LogP contribution in [0.2, 0.25) is 0 Å². The molecule has 0 amide bonds. The first-order valence-corrected chi connectivity index (χ1v) is 8.53. The van der Waals surface area contributed by atoms with Crippen LogP contribution in [0.4, 0.5) is 5.69 Å². The summed E-state index contributed by atoms with van der Waals surface area (Å²) in [5.41, 5.74) is 2.44. The molecule has 0 saturated heterocycles. The van der Waals surface area contributed by atoms with E-state index in [1.165, 1.54) is 10.7 Å². The van der Waals surface area contributed by atoms with Gasteiger partial charge in [-0.15, -0.1) is 0 Å². The second-order valence-electron chi connectivity index (χ2n) is 5.14. The van der Waals surface area contributed by atoms with Crippen LogP contribution >= 0.6 is 11.3 Å². The summed E-state index contributed by atoms with van der Waals surface area (Å²) in [5.74, 6) is 1.82. The molecular weight excluding hydrogens is 292 g/mol. The Bertz CT molecular complexity index is 730. The SMILES string of the molecule is CCN1C(=CC=Cc2scc(C)[n+]2CC)Oc2ccccc21. The molecule has 4 heteroatoms. The number of ether oxygens (including phenoxy) is 1.